The van der Waals surface area contributed by atoms with E-state index in [0.717, 1.165) is 0 Å². The number of hydrogen-bond donors (Lipinski definition) is 0. The van der Waals surface area contributed by atoms with Crippen LogP contribution >= 0.6 is 0 Å². The molecule has 1 saturated carbocycles. The van der Waals surface area contributed by atoms with Gasteiger partial charge in [-0.05, 0) is 18.8 Å². The van der Waals surface area contributed by atoms with Gasteiger partial charge in [0.1, 0.15) is 5.78 Å². The lowest BCUT2D eigenvalue weighted by Crippen LogP contribution is -1.94. The molecular weight excluding hydrogens is 148 g/mol. The molecule has 2 atom stereocenters. The second-order valence-corrected chi connectivity index (χ2v) is 3.45. The van der Waals surface area contributed by atoms with E-state index >= 15 is 0 Å². The third kappa shape index (κ3) is 1.15. The summed E-state index contributed by atoms with van der Waals surface area (Å²) in [5, 5.41) is 0. The van der Waals surface area contributed by atoms with Crippen molar-refractivity contribution in [3.05, 3.63) is 36.5 Å². The maximum atomic E-state index is 11.1. The molecule has 0 aromatic rings. The van der Waals surface area contributed by atoms with E-state index in [2.05, 4.69) is 12.2 Å². The smallest absolute Gasteiger partial charge is 0.134 e. The van der Waals surface area contributed by atoms with E-state index < -0.39 is 0 Å². The number of rotatable bonds is 1. The Labute approximate surface area is 72.5 Å². The number of hydrogen-bond acceptors (Lipinski definition) is 1. The van der Waals surface area contributed by atoms with Crippen molar-refractivity contribution in [2.24, 2.45) is 17.8 Å². The van der Waals surface area contributed by atoms with Crippen LogP contribution < -0.4 is 0 Å². The summed E-state index contributed by atoms with van der Waals surface area (Å²) in [4.78, 5) is 11.1. The molecular formula is C11H12O. The van der Waals surface area contributed by atoms with Crippen LogP contribution in [0.5, 0.6) is 0 Å². The maximum absolute atomic E-state index is 11.1. The van der Waals surface area contributed by atoms with Crippen molar-refractivity contribution in [1.82, 2.24) is 0 Å². The highest BCUT2D eigenvalue weighted by Gasteiger charge is 2.49. The SMILES string of the molecule is CC(=O)C1C2\C=C/C=C\C=C/C21. The Morgan fingerprint density at radius 3 is 1.92 bits per heavy atom. The first-order chi connectivity index (χ1) is 5.80. The van der Waals surface area contributed by atoms with Gasteiger partial charge in [-0.3, -0.25) is 4.79 Å². The van der Waals surface area contributed by atoms with Crippen molar-refractivity contribution in [3.8, 4) is 0 Å². The molecule has 1 heteroatoms. The van der Waals surface area contributed by atoms with Crippen LogP contribution in [0.1, 0.15) is 6.92 Å². The summed E-state index contributed by atoms with van der Waals surface area (Å²) in [6.07, 6.45) is 12.3. The fourth-order valence-electron chi connectivity index (χ4n) is 1.91. The lowest BCUT2D eigenvalue weighted by Gasteiger charge is -1.85. The van der Waals surface area contributed by atoms with Gasteiger partial charge in [0.25, 0.3) is 0 Å². The molecule has 0 radical (unpaired) electrons. The standard InChI is InChI=1S/C11H12O/c1-8(12)11-9-6-4-2-3-5-7-10(9)11/h2-7,9-11H,1H3/b3-2-,6-4-,7-5-. The molecule has 0 saturated heterocycles. The number of ketones is 1. The van der Waals surface area contributed by atoms with Crippen molar-refractivity contribution in [2.75, 3.05) is 0 Å². The van der Waals surface area contributed by atoms with Crippen molar-refractivity contribution in [1.29, 1.82) is 0 Å². The molecule has 0 spiro atoms. The van der Waals surface area contributed by atoms with E-state index in [0.29, 0.717) is 17.6 Å². The largest absolute Gasteiger partial charge is 0.300 e. The summed E-state index contributed by atoms with van der Waals surface area (Å²) in [5.41, 5.74) is 0. The average Bonchev–Trinajstić information content (AvgIpc) is 2.60. The maximum Gasteiger partial charge on any atom is 0.134 e. The highest BCUT2D eigenvalue weighted by atomic mass is 16.1. The molecule has 0 heterocycles. The van der Waals surface area contributed by atoms with Crippen molar-refractivity contribution < 1.29 is 4.79 Å². The molecule has 62 valence electrons. The second kappa shape index (κ2) is 2.74. The molecule has 2 aliphatic carbocycles. The number of fused-ring (bicyclic) bond motifs is 1. The number of allylic oxidation sites excluding steroid dienone is 6. The third-order valence-corrected chi connectivity index (χ3v) is 2.60. The van der Waals surface area contributed by atoms with E-state index in [9.17, 15) is 4.79 Å². The van der Waals surface area contributed by atoms with Crippen molar-refractivity contribution >= 4 is 5.78 Å². The zero-order valence-electron chi connectivity index (χ0n) is 7.10. The molecule has 0 aliphatic heterocycles. The summed E-state index contributed by atoms with van der Waals surface area (Å²) in [5.74, 6) is 1.53. The van der Waals surface area contributed by atoms with Crippen molar-refractivity contribution in [3.63, 3.8) is 0 Å². The van der Waals surface area contributed by atoms with Crippen LogP contribution in [-0.4, -0.2) is 5.78 Å². The van der Waals surface area contributed by atoms with E-state index in [4.69, 9.17) is 0 Å². The molecule has 2 rings (SSSR count). The fraction of sp³-hybridized carbons (Fsp3) is 0.364. The fourth-order valence-corrected chi connectivity index (χ4v) is 1.91. The van der Waals surface area contributed by atoms with Gasteiger partial charge in [0.15, 0.2) is 0 Å². The quantitative estimate of drug-likeness (QED) is 0.574. The van der Waals surface area contributed by atoms with Crippen LogP contribution in [0.25, 0.3) is 0 Å². The lowest BCUT2D eigenvalue weighted by molar-refractivity contribution is -0.118. The Kier molecular flexibility index (Phi) is 1.72. The van der Waals surface area contributed by atoms with Gasteiger partial charge in [0.2, 0.25) is 0 Å². The lowest BCUT2D eigenvalue weighted by atomic mass is 10.2. The Balaban J connectivity index is 2.17. The summed E-state index contributed by atoms with van der Waals surface area (Å²) >= 11 is 0. The molecule has 0 aromatic carbocycles. The average molecular weight is 160 g/mol. The Morgan fingerprint density at radius 1 is 1.00 bits per heavy atom. The number of Topliss-reactive ketones (excluding diaryl/α,β-unsaturated/α-hetero) is 1. The molecule has 0 aromatic heterocycles. The minimum atomic E-state index is 0.261. The van der Waals surface area contributed by atoms with Gasteiger partial charge in [-0.15, -0.1) is 0 Å². The summed E-state index contributed by atoms with van der Waals surface area (Å²) < 4.78 is 0. The first kappa shape index (κ1) is 7.53. The van der Waals surface area contributed by atoms with E-state index in [-0.39, 0.29) is 5.92 Å². The third-order valence-electron chi connectivity index (χ3n) is 2.60. The van der Waals surface area contributed by atoms with Crippen LogP contribution in [0, 0.1) is 17.8 Å². The van der Waals surface area contributed by atoms with Gasteiger partial charge in [-0.1, -0.05) is 36.5 Å². The molecule has 2 unspecified atom stereocenters. The molecule has 1 nitrogen and oxygen atoms in total. The summed E-state index contributed by atoms with van der Waals surface area (Å²) in [6.45, 7) is 1.69. The topological polar surface area (TPSA) is 17.1 Å². The van der Waals surface area contributed by atoms with Gasteiger partial charge in [0.05, 0.1) is 0 Å². The highest BCUT2D eigenvalue weighted by Crippen LogP contribution is 2.49. The zero-order valence-corrected chi connectivity index (χ0v) is 7.10. The van der Waals surface area contributed by atoms with Gasteiger partial charge in [-0.25, -0.2) is 0 Å². The predicted octanol–water partition coefficient (Wildman–Crippen LogP) is 2.12. The summed E-state index contributed by atoms with van der Waals surface area (Å²) in [6, 6.07) is 0. The van der Waals surface area contributed by atoms with Crippen LogP contribution in [0.4, 0.5) is 0 Å². The minimum absolute atomic E-state index is 0.261. The van der Waals surface area contributed by atoms with Gasteiger partial charge in [-0.2, -0.15) is 0 Å². The first-order valence-electron chi connectivity index (χ1n) is 4.33. The Morgan fingerprint density at radius 2 is 1.50 bits per heavy atom. The normalized spacial score (nSPS) is 44.9. The van der Waals surface area contributed by atoms with E-state index in [1.165, 1.54) is 0 Å². The van der Waals surface area contributed by atoms with Gasteiger partial charge in [0, 0.05) is 5.92 Å². The van der Waals surface area contributed by atoms with Gasteiger partial charge >= 0.3 is 0 Å². The van der Waals surface area contributed by atoms with Gasteiger partial charge < -0.3 is 0 Å². The molecule has 0 N–H and O–H groups in total. The molecule has 12 heavy (non-hydrogen) atoms. The Hall–Kier alpha value is -1.11. The van der Waals surface area contributed by atoms with Crippen LogP contribution in [-0.2, 0) is 4.79 Å². The molecule has 2 aliphatic rings. The number of carbonyl (C=O) groups excluding carboxylic acids is 1. The summed E-state index contributed by atoms with van der Waals surface area (Å²) in [7, 11) is 0. The van der Waals surface area contributed by atoms with E-state index in [1.807, 2.05) is 24.3 Å². The van der Waals surface area contributed by atoms with E-state index in [1.54, 1.807) is 6.92 Å². The number of carbonyl (C=O) groups is 1. The minimum Gasteiger partial charge on any atom is -0.300 e. The highest BCUT2D eigenvalue weighted by molar-refractivity contribution is 5.83. The van der Waals surface area contributed by atoms with Crippen LogP contribution in [0.3, 0.4) is 0 Å². The van der Waals surface area contributed by atoms with Crippen molar-refractivity contribution in [2.45, 2.75) is 6.92 Å². The monoisotopic (exact) mass is 160 g/mol. The van der Waals surface area contributed by atoms with Crippen LogP contribution in [0.2, 0.25) is 0 Å². The molecule has 0 amide bonds. The predicted molar refractivity (Wildman–Crippen MR) is 48.6 cm³/mol. The molecule has 0 bridgehead atoms. The molecule has 1 fully saturated rings. The zero-order chi connectivity index (χ0) is 8.55. The second-order valence-electron chi connectivity index (χ2n) is 3.45. The Bertz CT molecular complexity index is 261. The van der Waals surface area contributed by atoms with Crippen LogP contribution in [0.15, 0.2) is 36.5 Å². The first-order valence-corrected chi connectivity index (χ1v) is 4.33.